The Morgan fingerprint density at radius 1 is 1.21 bits per heavy atom. The lowest BCUT2D eigenvalue weighted by atomic mass is 10.1. The summed E-state index contributed by atoms with van der Waals surface area (Å²) in [5.41, 5.74) is 1.43. The van der Waals surface area contributed by atoms with Crippen LogP contribution in [0.3, 0.4) is 0 Å². The number of halogens is 1. The molecule has 0 saturated carbocycles. The van der Waals surface area contributed by atoms with Crippen LogP contribution in [0.2, 0.25) is 5.02 Å². The minimum absolute atomic E-state index is 0.0280. The lowest BCUT2D eigenvalue weighted by molar-refractivity contribution is -0.118. The minimum atomic E-state index is -3.63. The van der Waals surface area contributed by atoms with E-state index in [9.17, 15) is 13.2 Å². The zero-order valence-electron chi connectivity index (χ0n) is 15.2. The molecule has 2 aromatic rings. The summed E-state index contributed by atoms with van der Waals surface area (Å²) in [6.45, 7) is 1.90. The average molecular weight is 422 g/mol. The van der Waals surface area contributed by atoms with Crippen molar-refractivity contribution in [1.82, 2.24) is 4.72 Å². The van der Waals surface area contributed by atoms with Crippen LogP contribution in [-0.2, 0) is 21.2 Å². The Hall–Kier alpha value is -2.60. The highest BCUT2D eigenvalue weighted by molar-refractivity contribution is 7.89. The highest BCUT2D eigenvalue weighted by atomic mass is 35.5. The highest BCUT2D eigenvalue weighted by Gasteiger charge is 2.16. The van der Waals surface area contributed by atoms with Gasteiger partial charge in [-0.05, 0) is 42.3 Å². The quantitative estimate of drug-likeness (QED) is 0.646. The number of nitrogens with one attached hydrogen (secondary N) is 2. The number of nitriles is 1. The maximum absolute atomic E-state index is 12.1. The second kappa shape index (κ2) is 10.1. The Labute approximate surface area is 169 Å². The number of hydrogen-bond donors (Lipinski definition) is 2. The molecule has 0 unspecified atom stereocenters. The number of sulfonamides is 1. The third-order valence-corrected chi connectivity index (χ3v) is 5.39. The molecule has 0 saturated heterocycles. The molecule has 0 radical (unpaired) electrons. The molecule has 9 heteroatoms. The Morgan fingerprint density at radius 2 is 1.93 bits per heavy atom. The van der Waals surface area contributed by atoms with Crippen molar-refractivity contribution in [2.45, 2.75) is 24.7 Å². The van der Waals surface area contributed by atoms with Crippen LogP contribution in [0.25, 0.3) is 0 Å². The van der Waals surface area contributed by atoms with E-state index >= 15 is 0 Å². The first-order chi connectivity index (χ1) is 13.4. The number of nitrogens with zero attached hydrogens (tertiary/aromatic N) is 1. The van der Waals surface area contributed by atoms with Crippen molar-refractivity contribution in [3.63, 3.8) is 0 Å². The highest BCUT2D eigenvalue weighted by Crippen LogP contribution is 2.27. The van der Waals surface area contributed by atoms with Gasteiger partial charge in [0.05, 0.1) is 22.4 Å². The summed E-state index contributed by atoms with van der Waals surface area (Å²) in [5, 5.41) is 11.4. The van der Waals surface area contributed by atoms with E-state index in [2.05, 4.69) is 10.0 Å². The molecular formula is C19H20ClN3O4S. The number of carbonyl (C=O) groups is 1. The number of benzene rings is 2. The van der Waals surface area contributed by atoms with Gasteiger partial charge in [0, 0.05) is 12.2 Å². The second-order valence-electron chi connectivity index (χ2n) is 5.86. The van der Waals surface area contributed by atoms with Crippen molar-refractivity contribution in [3.8, 4) is 11.8 Å². The molecule has 1 amide bonds. The molecule has 0 aliphatic carbocycles. The summed E-state index contributed by atoms with van der Waals surface area (Å²) >= 11 is 6.08. The molecule has 2 rings (SSSR count). The average Bonchev–Trinajstić information content (AvgIpc) is 2.67. The molecule has 0 atom stereocenters. The summed E-state index contributed by atoms with van der Waals surface area (Å²) in [7, 11) is -3.63. The van der Waals surface area contributed by atoms with Gasteiger partial charge in [-0.25, -0.2) is 13.1 Å². The molecule has 2 N–H and O–H groups in total. The third kappa shape index (κ3) is 6.23. The van der Waals surface area contributed by atoms with Crippen LogP contribution in [-0.4, -0.2) is 27.5 Å². The monoisotopic (exact) mass is 421 g/mol. The van der Waals surface area contributed by atoms with Crippen molar-refractivity contribution in [1.29, 1.82) is 5.26 Å². The topological polar surface area (TPSA) is 108 Å². The fourth-order valence-electron chi connectivity index (χ4n) is 2.22. The Morgan fingerprint density at radius 3 is 2.54 bits per heavy atom. The first-order valence-electron chi connectivity index (χ1n) is 8.53. The maximum Gasteiger partial charge on any atom is 0.262 e. The van der Waals surface area contributed by atoms with E-state index in [0.29, 0.717) is 25.1 Å². The minimum Gasteiger partial charge on any atom is -0.482 e. The van der Waals surface area contributed by atoms with Gasteiger partial charge in [0.15, 0.2) is 6.61 Å². The van der Waals surface area contributed by atoms with Crippen molar-refractivity contribution in [2.75, 3.05) is 18.5 Å². The van der Waals surface area contributed by atoms with E-state index in [0.717, 1.165) is 5.56 Å². The van der Waals surface area contributed by atoms with Gasteiger partial charge in [-0.2, -0.15) is 5.26 Å². The lowest BCUT2D eigenvalue weighted by Crippen LogP contribution is -2.24. The number of carbonyl (C=O) groups excluding carboxylic acids is 1. The number of amides is 1. The van der Waals surface area contributed by atoms with Crippen molar-refractivity contribution in [2.24, 2.45) is 0 Å². The van der Waals surface area contributed by atoms with Gasteiger partial charge >= 0.3 is 0 Å². The molecule has 0 bridgehead atoms. The van der Waals surface area contributed by atoms with E-state index in [4.69, 9.17) is 21.6 Å². The molecule has 148 valence electrons. The summed E-state index contributed by atoms with van der Waals surface area (Å²) in [5.74, 6) is -0.193. The number of hydrogen-bond acceptors (Lipinski definition) is 5. The maximum atomic E-state index is 12.1. The normalized spacial score (nSPS) is 10.9. The molecule has 2 aromatic carbocycles. The largest absolute Gasteiger partial charge is 0.482 e. The van der Waals surface area contributed by atoms with E-state index in [1.807, 2.05) is 13.0 Å². The SMILES string of the molecule is CCCNS(=O)(=O)c1ccc(OCC(=O)Nc2ccc(CC#N)cc2)c(Cl)c1. The fraction of sp³-hybridized carbons (Fsp3) is 0.263. The standard InChI is InChI=1S/C19H20ClN3O4S/c1-2-11-22-28(25,26)16-7-8-18(17(20)12-16)27-13-19(24)23-15-5-3-14(4-6-15)9-10-21/h3-8,12,22H,2,9,11,13H2,1H3,(H,23,24). The summed E-state index contributed by atoms with van der Waals surface area (Å²) in [6, 6.07) is 13.0. The van der Waals surface area contributed by atoms with Crippen LogP contribution < -0.4 is 14.8 Å². The van der Waals surface area contributed by atoms with Gasteiger partial charge in [0.1, 0.15) is 5.75 Å². The van der Waals surface area contributed by atoms with E-state index in [1.54, 1.807) is 24.3 Å². The van der Waals surface area contributed by atoms with Crippen LogP contribution >= 0.6 is 11.6 Å². The van der Waals surface area contributed by atoms with Crippen molar-refractivity contribution >= 4 is 33.2 Å². The summed E-state index contributed by atoms with van der Waals surface area (Å²) < 4.78 is 32.0. The number of rotatable bonds is 9. The van der Waals surface area contributed by atoms with Crippen molar-refractivity contribution in [3.05, 3.63) is 53.1 Å². The molecule has 0 aliphatic heterocycles. The van der Waals surface area contributed by atoms with Crippen LogP contribution in [0, 0.1) is 11.3 Å². The Kier molecular flexibility index (Phi) is 7.81. The van der Waals surface area contributed by atoms with Crippen molar-refractivity contribution < 1.29 is 17.9 Å². The molecule has 0 spiro atoms. The Balaban J connectivity index is 1.95. The predicted octanol–water partition coefficient (Wildman–Crippen LogP) is 3.11. The van der Waals surface area contributed by atoms with Crippen LogP contribution in [0.4, 0.5) is 5.69 Å². The van der Waals surface area contributed by atoms with Crippen LogP contribution in [0.15, 0.2) is 47.4 Å². The third-order valence-electron chi connectivity index (χ3n) is 3.64. The van der Waals surface area contributed by atoms with Gasteiger partial charge in [-0.15, -0.1) is 0 Å². The first-order valence-corrected chi connectivity index (χ1v) is 10.4. The summed E-state index contributed by atoms with van der Waals surface area (Å²) in [6.07, 6.45) is 0.972. The van der Waals surface area contributed by atoms with Gasteiger partial charge < -0.3 is 10.1 Å². The second-order valence-corrected chi connectivity index (χ2v) is 8.03. The van der Waals surface area contributed by atoms with E-state index < -0.39 is 15.9 Å². The first kappa shape index (κ1) is 21.7. The summed E-state index contributed by atoms with van der Waals surface area (Å²) in [4.78, 5) is 12.0. The van der Waals surface area contributed by atoms with Gasteiger partial charge in [-0.3, -0.25) is 4.79 Å². The van der Waals surface area contributed by atoms with Gasteiger partial charge in [-0.1, -0.05) is 30.7 Å². The van der Waals surface area contributed by atoms with Gasteiger partial charge in [0.25, 0.3) is 5.91 Å². The smallest absolute Gasteiger partial charge is 0.262 e. The lowest BCUT2D eigenvalue weighted by Gasteiger charge is -2.11. The number of anilines is 1. The molecule has 0 heterocycles. The fourth-order valence-corrected chi connectivity index (χ4v) is 3.68. The molecule has 7 nitrogen and oxygen atoms in total. The molecule has 0 aliphatic rings. The molecule has 0 fully saturated rings. The predicted molar refractivity (Wildman–Crippen MR) is 107 cm³/mol. The molecule has 28 heavy (non-hydrogen) atoms. The number of ether oxygens (including phenoxy) is 1. The van der Waals surface area contributed by atoms with Crippen LogP contribution in [0.5, 0.6) is 5.75 Å². The van der Waals surface area contributed by atoms with Gasteiger partial charge in [0.2, 0.25) is 10.0 Å². The molecule has 0 aromatic heterocycles. The molecular weight excluding hydrogens is 402 g/mol. The zero-order valence-corrected chi connectivity index (χ0v) is 16.8. The zero-order chi connectivity index (χ0) is 20.6. The Bertz CT molecular complexity index is 970. The van der Waals surface area contributed by atoms with Crippen LogP contribution in [0.1, 0.15) is 18.9 Å². The van der Waals surface area contributed by atoms with E-state index in [-0.39, 0.29) is 22.3 Å². The van der Waals surface area contributed by atoms with E-state index in [1.165, 1.54) is 18.2 Å².